The van der Waals surface area contributed by atoms with Gasteiger partial charge < -0.3 is 15.7 Å². The molecule has 0 aliphatic carbocycles. The Hall–Kier alpha value is -1.21. The quantitative estimate of drug-likeness (QED) is 0.750. The van der Waals surface area contributed by atoms with Crippen LogP contribution in [0.1, 0.15) is 51.1 Å². The van der Waals surface area contributed by atoms with Gasteiger partial charge in [-0.1, -0.05) is 46.0 Å². The molecule has 7 heteroatoms. The normalized spacial score (nSPS) is 13.3. The Morgan fingerprint density at radius 1 is 1.33 bits per heavy atom. The standard InChI is InChI=1S/C14H26N4O2S/c1-9(2)6-10(8-19)16-13(20)15-7-11-17-18-12(21-11)14(3,4)5/h9-10,19H,6-8H2,1-5H3,(H2,15,16,20). The van der Waals surface area contributed by atoms with Gasteiger partial charge in [-0.25, -0.2) is 4.79 Å². The van der Waals surface area contributed by atoms with Crippen LogP contribution in [0.3, 0.4) is 0 Å². The molecule has 0 bridgehead atoms. The number of urea groups is 1. The van der Waals surface area contributed by atoms with Crippen LogP contribution < -0.4 is 10.6 Å². The summed E-state index contributed by atoms with van der Waals surface area (Å²) in [6.45, 7) is 10.6. The minimum Gasteiger partial charge on any atom is -0.394 e. The third-order valence-corrected chi connectivity index (χ3v) is 4.17. The first-order valence-corrected chi connectivity index (χ1v) is 8.02. The molecule has 0 spiro atoms. The number of aliphatic hydroxyl groups is 1. The van der Waals surface area contributed by atoms with Crippen molar-refractivity contribution in [2.75, 3.05) is 6.61 Å². The van der Waals surface area contributed by atoms with Crippen LogP contribution in [0.25, 0.3) is 0 Å². The van der Waals surface area contributed by atoms with Crippen LogP contribution >= 0.6 is 11.3 Å². The van der Waals surface area contributed by atoms with Crippen molar-refractivity contribution in [2.45, 2.75) is 59.0 Å². The Morgan fingerprint density at radius 3 is 2.48 bits per heavy atom. The molecule has 0 aromatic carbocycles. The predicted octanol–water partition coefficient (Wildman–Crippen LogP) is 2.04. The van der Waals surface area contributed by atoms with E-state index in [1.807, 2.05) is 0 Å². The molecule has 0 saturated carbocycles. The highest BCUT2D eigenvalue weighted by atomic mass is 32.1. The first-order chi connectivity index (χ1) is 9.72. The summed E-state index contributed by atoms with van der Waals surface area (Å²) < 4.78 is 0. The maximum atomic E-state index is 11.8. The zero-order valence-electron chi connectivity index (χ0n) is 13.4. The van der Waals surface area contributed by atoms with Gasteiger partial charge in [-0.3, -0.25) is 0 Å². The Morgan fingerprint density at radius 2 is 2.00 bits per heavy atom. The maximum Gasteiger partial charge on any atom is 0.315 e. The molecule has 1 atom stereocenters. The smallest absolute Gasteiger partial charge is 0.315 e. The molecule has 0 aliphatic heterocycles. The van der Waals surface area contributed by atoms with Crippen LogP contribution in [0.5, 0.6) is 0 Å². The van der Waals surface area contributed by atoms with Crippen molar-refractivity contribution in [3.05, 3.63) is 10.0 Å². The van der Waals surface area contributed by atoms with E-state index < -0.39 is 0 Å². The summed E-state index contributed by atoms with van der Waals surface area (Å²) in [7, 11) is 0. The molecule has 1 unspecified atom stereocenters. The van der Waals surface area contributed by atoms with E-state index in [1.165, 1.54) is 11.3 Å². The summed E-state index contributed by atoms with van der Waals surface area (Å²) in [4.78, 5) is 11.8. The van der Waals surface area contributed by atoms with E-state index in [0.717, 1.165) is 16.4 Å². The molecule has 1 rings (SSSR count). The third kappa shape index (κ3) is 6.39. The molecule has 0 saturated heterocycles. The van der Waals surface area contributed by atoms with Crippen molar-refractivity contribution in [3.63, 3.8) is 0 Å². The zero-order valence-corrected chi connectivity index (χ0v) is 14.3. The Balaban J connectivity index is 2.44. The number of nitrogens with one attached hydrogen (secondary N) is 2. The molecule has 1 heterocycles. The van der Waals surface area contributed by atoms with Crippen molar-refractivity contribution >= 4 is 17.4 Å². The second kappa shape index (κ2) is 7.70. The highest BCUT2D eigenvalue weighted by Gasteiger charge is 2.19. The first-order valence-electron chi connectivity index (χ1n) is 7.20. The van der Waals surface area contributed by atoms with Crippen LogP contribution in [0.4, 0.5) is 4.79 Å². The number of hydrogen-bond donors (Lipinski definition) is 3. The Kier molecular flexibility index (Phi) is 6.54. The molecule has 21 heavy (non-hydrogen) atoms. The zero-order chi connectivity index (χ0) is 16.0. The molecular weight excluding hydrogens is 288 g/mol. The number of aliphatic hydroxyl groups excluding tert-OH is 1. The van der Waals surface area contributed by atoms with E-state index in [4.69, 9.17) is 0 Å². The molecular formula is C14H26N4O2S. The lowest BCUT2D eigenvalue weighted by atomic mass is 9.98. The Bertz CT molecular complexity index is 454. The fraction of sp³-hybridized carbons (Fsp3) is 0.786. The summed E-state index contributed by atoms with van der Waals surface area (Å²) in [6, 6.07) is -0.508. The van der Waals surface area contributed by atoms with Crippen LogP contribution in [-0.4, -0.2) is 34.0 Å². The van der Waals surface area contributed by atoms with Gasteiger partial charge in [0.1, 0.15) is 10.0 Å². The van der Waals surface area contributed by atoms with Gasteiger partial charge >= 0.3 is 6.03 Å². The largest absolute Gasteiger partial charge is 0.394 e. The van der Waals surface area contributed by atoms with E-state index >= 15 is 0 Å². The average molecular weight is 314 g/mol. The number of amides is 2. The average Bonchev–Trinajstić information content (AvgIpc) is 2.83. The molecule has 6 nitrogen and oxygen atoms in total. The topological polar surface area (TPSA) is 87.1 Å². The summed E-state index contributed by atoms with van der Waals surface area (Å²) in [5.74, 6) is 0.417. The van der Waals surface area contributed by atoms with Gasteiger partial charge in [-0.05, 0) is 12.3 Å². The number of rotatable bonds is 6. The summed E-state index contributed by atoms with van der Waals surface area (Å²) in [5.41, 5.74) is -0.0303. The van der Waals surface area contributed by atoms with Gasteiger partial charge in [0.05, 0.1) is 19.2 Å². The van der Waals surface area contributed by atoms with Crippen molar-refractivity contribution in [1.29, 1.82) is 0 Å². The van der Waals surface area contributed by atoms with Crippen LogP contribution in [-0.2, 0) is 12.0 Å². The fourth-order valence-electron chi connectivity index (χ4n) is 1.77. The summed E-state index contributed by atoms with van der Waals surface area (Å²) >= 11 is 1.50. The lowest BCUT2D eigenvalue weighted by Crippen LogP contribution is -2.44. The van der Waals surface area contributed by atoms with E-state index in [1.54, 1.807) is 0 Å². The monoisotopic (exact) mass is 314 g/mol. The SMILES string of the molecule is CC(C)CC(CO)NC(=O)NCc1nnc(C(C)(C)C)s1. The molecule has 2 amide bonds. The van der Waals surface area contributed by atoms with Gasteiger partial charge in [-0.15, -0.1) is 10.2 Å². The minimum absolute atomic E-state index is 0.0303. The maximum absolute atomic E-state index is 11.8. The molecule has 0 fully saturated rings. The summed E-state index contributed by atoms with van der Waals surface area (Å²) in [6.07, 6.45) is 0.747. The van der Waals surface area contributed by atoms with Gasteiger partial charge in [0, 0.05) is 5.41 Å². The lowest BCUT2D eigenvalue weighted by molar-refractivity contribution is 0.206. The van der Waals surface area contributed by atoms with Crippen molar-refractivity contribution < 1.29 is 9.90 Å². The Labute approximate surface area is 130 Å². The van der Waals surface area contributed by atoms with E-state index in [0.29, 0.717) is 12.5 Å². The number of carbonyl (C=O) groups is 1. The number of nitrogens with zero attached hydrogens (tertiary/aromatic N) is 2. The minimum atomic E-state index is -0.290. The van der Waals surface area contributed by atoms with Crippen molar-refractivity contribution in [3.8, 4) is 0 Å². The molecule has 0 aliphatic rings. The van der Waals surface area contributed by atoms with Crippen LogP contribution in [0.15, 0.2) is 0 Å². The van der Waals surface area contributed by atoms with E-state index in [9.17, 15) is 9.90 Å². The molecule has 0 radical (unpaired) electrons. The summed E-state index contributed by atoms with van der Waals surface area (Å²) in [5, 5.41) is 24.7. The first kappa shape index (κ1) is 17.8. The predicted molar refractivity (Wildman–Crippen MR) is 84.3 cm³/mol. The van der Waals surface area contributed by atoms with Gasteiger partial charge in [0.15, 0.2) is 0 Å². The van der Waals surface area contributed by atoms with Crippen molar-refractivity contribution in [1.82, 2.24) is 20.8 Å². The molecule has 120 valence electrons. The van der Waals surface area contributed by atoms with E-state index in [2.05, 4.69) is 55.4 Å². The second-order valence-electron chi connectivity index (χ2n) is 6.59. The number of aromatic nitrogens is 2. The number of hydrogen-bond acceptors (Lipinski definition) is 5. The second-order valence-corrected chi connectivity index (χ2v) is 7.65. The van der Waals surface area contributed by atoms with Crippen molar-refractivity contribution in [2.24, 2.45) is 5.92 Å². The highest BCUT2D eigenvalue weighted by Crippen LogP contribution is 2.25. The number of carbonyl (C=O) groups excluding carboxylic acids is 1. The molecule has 1 aromatic heterocycles. The molecule has 3 N–H and O–H groups in total. The molecule has 1 aromatic rings. The van der Waals surface area contributed by atoms with Gasteiger partial charge in [0.25, 0.3) is 0 Å². The van der Waals surface area contributed by atoms with Crippen LogP contribution in [0, 0.1) is 5.92 Å². The van der Waals surface area contributed by atoms with Gasteiger partial charge in [-0.2, -0.15) is 0 Å². The fourth-order valence-corrected chi connectivity index (χ4v) is 2.61. The van der Waals surface area contributed by atoms with Gasteiger partial charge in [0.2, 0.25) is 0 Å². The third-order valence-electron chi connectivity index (χ3n) is 2.82. The highest BCUT2D eigenvalue weighted by molar-refractivity contribution is 7.11. The van der Waals surface area contributed by atoms with E-state index in [-0.39, 0.29) is 24.1 Å². The van der Waals surface area contributed by atoms with Crippen LogP contribution in [0.2, 0.25) is 0 Å². The lowest BCUT2D eigenvalue weighted by Gasteiger charge is -2.18.